The number of aryl methyl sites for hydroxylation is 1. The number of nitrogens with zero attached hydrogens (tertiary/aromatic N) is 1. The van der Waals surface area contributed by atoms with E-state index < -0.39 is 26.5 Å². The molecule has 0 bridgehead atoms. The molecular weight excluding hydrogens is 308 g/mol. The smallest absolute Gasteiger partial charge is 0.184 e. The van der Waals surface area contributed by atoms with E-state index in [4.69, 9.17) is 5.73 Å². The number of rotatable bonds is 4. The van der Waals surface area contributed by atoms with Crippen molar-refractivity contribution in [3.63, 3.8) is 0 Å². The topological polar surface area (TPSA) is 83.9 Å². The molecule has 118 valence electrons. The first-order valence-corrected chi connectivity index (χ1v) is 9.07. The molecule has 0 aliphatic heterocycles. The molecule has 0 unspecified atom stereocenters. The second kappa shape index (κ2) is 5.48. The summed E-state index contributed by atoms with van der Waals surface area (Å²) >= 11 is 0. The van der Waals surface area contributed by atoms with E-state index in [0.717, 1.165) is 17.5 Å². The predicted molar refractivity (Wildman–Crippen MR) is 88.5 cm³/mol. The number of nitriles is 1. The van der Waals surface area contributed by atoms with Gasteiger partial charge in [-0.2, -0.15) is 5.26 Å². The van der Waals surface area contributed by atoms with Crippen molar-refractivity contribution < 1.29 is 8.42 Å². The Morgan fingerprint density at radius 1 is 1.13 bits per heavy atom. The van der Waals surface area contributed by atoms with E-state index in [9.17, 15) is 13.7 Å². The number of benzene rings is 2. The van der Waals surface area contributed by atoms with Gasteiger partial charge < -0.3 is 5.73 Å². The maximum atomic E-state index is 12.8. The molecule has 0 spiro atoms. The Bertz CT molecular complexity index is 854. The van der Waals surface area contributed by atoms with Gasteiger partial charge in [-0.15, -0.1) is 0 Å². The van der Waals surface area contributed by atoms with Crippen molar-refractivity contribution in [3.8, 4) is 6.07 Å². The molecule has 0 aromatic heterocycles. The average molecular weight is 326 g/mol. The zero-order chi connectivity index (χ0) is 16.7. The summed E-state index contributed by atoms with van der Waals surface area (Å²) in [6, 6.07) is 17.9. The number of nitrogens with two attached hydrogens (primary N) is 1. The van der Waals surface area contributed by atoms with Gasteiger partial charge in [0.15, 0.2) is 9.84 Å². The molecule has 0 amide bonds. The Morgan fingerprint density at radius 2 is 1.74 bits per heavy atom. The average Bonchev–Trinajstić information content (AvgIpc) is 3.23. The lowest BCUT2D eigenvalue weighted by atomic mass is 10.0. The summed E-state index contributed by atoms with van der Waals surface area (Å²) in [6.07, 6.45) is 0.905. The van der Waals surface area contributed by atoms with Crippen LogP contribution in [-0.2, 0) is 16.3 Å². The highest BCUT2D eigenvalue weighted by Crippen LogP contribution is 2.55. The first-order valence-electron chi connectivity index (χ1n) is 7.53. The van der Waals surface area contributed by atoms with Crippen molar-refractivity contribution >= 4 is 9.84 Å². The molecular formula is C18H18N2O2S. The molecule has 0 saturated heterocycles. The molecule has 2 aromatic carbocycles. The fourth-order valence-electron chi connectivity index (χ4n) is 3.11. The summed E-state index contributed by atoms with van der Waals surface area (Å²) in [5.74, 6) is -0.497. The quantitative estimate of drug-likeness (QED) is 0.935. The standard InChI is InChI=1S/C18H18N2O2S/c1-2-13-8-10-14(11-9-13)16-17(18(16,20)12-19)23(21,22)15-6-4-3-5-7-15/h3-11,16-17H,2,20H2,1H3/t16-,17+,18+/m0/s1. The highest BCUT2D eigenvalue weighted by Gasteiger charge is 2.70. The van der Waals surface area contributed by atoms with E-state index in [-0.39, 0.29) is 4.90 Å². The maximum Gasteiger partial charge on any atom is 0.184 e. The zero-order valence-corrected chi connectivity index (χ0v) is 13.6. The minimum absolute atomic E-state index is 0.211. The van der Waals surface area contributed by atoms with Crippen LogP contribution in [0, 0.1) is 11.3 Å². The van der Waals surface area contributed by atoms with Crippen molar-refractivity contribution in [1.82, 2.24) is 0 Å². The van der Waals surface area contributed by atoms with Gasteiger partial charge in [-0.1, -0.05) is 49.4 Å². The van der Waals surface area contributed by atoms with Gasteiger partial charge in [0, 0.05) is 5.92 Å². The molecule has 2 N–H and O–H groups in total. The second-order valence-electron chi connectivity index (χ2n) is 5.90. The summed E-state index contributed by atoms with van der Waals surface area (Å²) in [5, 5.41) is 8.53. The van der Waals surface area contributed by atoms with Gasteiger partial charge in [-0.3, -0.25) is 0 Å². The van der Waals surface area contributed by atoms with Gasteiger partial charge in [0.2, 0.25) is 0 Å². The minimum atomic E-state index is -3.65. The first-order chi connectivity index (χ1) is 10.9. The Kier molecular flexibility index (Phi) is 3.75. The molecule has 1 aliphatic carbocycles. The maximum absolute atomic E-state index is 12.8. The Hall–Kier alpha value is -2.16. The monoisotopic (exact) mass is 326 g/mol. The van der Waals surface area contributed by atoms with Crippen LogP contribution >= 0.6 is 0 Å². The largest absolute Gasteiger partial charge is 0.312 e. The third kappa shape index (κ3) is 2.44. The molecule has 0 heterocycles. The van der Waals surface area contributed by atoms with E-state index in [1.807, 2.05) is 30.3 Å². The molecule has 23 heavy (non-hydrogen) atoms. The summed E-state index contributed by atoms with van der Waals surface area (Å²) < 4.78 is 25.7. The first kappa shape index (κ1) is 15.7. The molecule has 3 rings (SSSR count). The number of hydrogen-bond acceptors (Lipinski definition) is 4. The van der Waals surface area contributed by atoms with Gasteiger partial charge in [0.25, 0.3) is 0 Å². The highest BCUT2D eigenvalue weighted by molar-refractivity contribution is 7.92. The predicted octanol–water partition coefficient (Wildman–Crippen LogP) is 2.41. The third-order valence-electron chi connectivity index (χ3n) is 4.53. The van der Waals surface area contributed by atoms with Gasteiger partial charge in [0.05, 0.1) is 11.0 Å². The lowest BCUT2D eigenvalue weighted by Crippen LogP contribution is -2.29. The Morgan fingerprint density at radius 3 is 2.26 bits per heavy atom. The van der Waals surface area contributed by atoms with Crippen LogP contribution in [-0.4, -0.2) is 19.2 Å². The molecule has 1 saturated carbocycles. The molecule has 2 aromatic rings. The Balaban J connectivity index is 2.01. The summed E-state index contributed by atoms with van der Waals surface area (Å²) in [5.41, 5.74) is 6.71. The minimum Gasteiger partial charge on any atom is -0.312 e. The van der Waals surface area contributed by atoms with Crippen molar-refractivity contribution in [1.29, 1.82) is 5.26 Å². The van der Waals surface area contributed by atoms with Gasteiger partial charge in [0.1, 0.15) is 10.8 Å². The molecule has 0 radical (unpaired) electrons. The van der Waals surface area contributed by atoms with Gasteiger partial charge in [-0.05, 0) is 29.7 Å². The fourth-order valence-corrected chi connectivity index (χ4v) is 5.32. The lowest BCUT2D eigenvalue weighted by molar-refractivity contribution is 0.592. The zero-order valence-electron chi connectivity index (χ0n) is 12.8. The van der Waals surface area contributed by atoms with Crippen molar-refractivity contribution in [2.24, 2.45) is 5.73 Å². The van der Waals surface area contributed by atoms with Crippen LogP contribution in [0.15, 0.2) is 59.5 Å². The van der Waals surface area contributed by atoms with E-state index >= 15 is 0 Å². The third-order valence-corrected chi connectivity index (χ3v) is 6.79. The van der Waals surface area contributed by atoms with Crippen LogP contribution in [0.5, 0.6) is 0 Å². The van der Waals surface area contributed by atoms with Gasteiger partial charge >= 0.3 is 0 Å². The van der Waals surface area contributed by atoms with Crippen LogP contribution in [0.2, 0.25) is 0 Å². The van der Waals surface area contributed by atoms with Crippen LogP contribution in [0.25, 0.3) is 0 Å². The van der Waals surface area contributed by atoms with E-state index in [0.29, 0.717) is 0 Å². The second-order valence-corrected chi connectivity index (χ2v) is 7.97. The lowest BCUT2D eigenvalue weighted by Gasteiger charge is -2.04. The van der Waals surface area contributed by atoms with E-state index in [1.54, 1.807) is 30.3 Å². The van der Waals surface area contributed by atoms with Crippen LogP contribution in [0.1, 0.15) is 24.0 Å². The normalized spacial score (nSPS) is 26.5. The van der Waals surface area contributed by atoms with Crippen LogP contribution in [0.4, 0.5) is 0 Å². The van der Waals surface area contributed by atoms with Crippen molar-refractivity contribution in [2.75, 3.05) is 0 Å². The SMILES string of the molecule is CCc1ccc([C@H]2[C@@H](S(=O)(=O)c3ccccc3)[C@@]2(N)C#N)cc1. The Labute approximate surface area is 136 Å². The van der Waals surface area contributed by atoms with Crippen molar-refractivity contribution in [3.05, 3.63) is 65.7 Å². The number of sulfone groups is 1. The molecule has 3 atom stereocenters. The highest BCUT2D eigenvalue weighted by atomic mass is 32.2. The van der Waals surface area contributed by atoms with Crippen molar-refractivity contribution in [2.45, 2.75) is 34.9 Å². The summed E-state index contributed by atoms with van der Waals surface area (Å²) in [4.78, 5) is 0.211. The van der Waals surface area contributed by atoms with Gasteiger partial charge in [-0.25, -0.2) is 8.42 Å². The summed E-state index contributed by atoms with van der Waals surface area (Å²) in [6.45, 7) is 2.05. The van der Waals surface area contributed by atoms with Crippen LogP contribution in [0.3, 0.4) is 0 Å². The number of hydrogen-bond donors (Lipinski definition) is 1. The molecule has 1 fully saturated rings. The fraction of sp³-hybridized carbons (Fsp3) is 0.278. The molecule has 5 heteroatoms. The van der Waals surface area contributed by atoms with E-state index in [2.05, 4.69) is 6.92 Å². The van der Waals surface area contributed by atoms with E-state index in [1.165, 1.54) is 0 Å². The summed E-state index contributed by atoms with van der Waals surface area (Å²) in [7, 11) is -3.65. The van der Waals surface area contributed by atoms with Crippen LogP contribution < -0.4 is 5.73 Å². The molecule has 4 nitrogen and oxygen atoms in total. The molecule has 1 aliphatic rings.